The van der Waals surface area contributed by atoms with Gasteiger partial charge >= 0.3 is 0 Å². The summed E-state index contributed by atoms with van der Waals surface area (Å²) in [7, 11) is -3.32. The van der Waals surface area contributed by atoms with Crippen LogP contribution in [-0.2, 0) is 10.0 Å². The zero-order valence-corrected chi connectivity index (χ0v) is 13.5. The summed E-state index contributed by atoms with van der Waals surface area (Å²) in [6.45, 7) is 1.31. The van der Waals surface area contributed by atoms with E-state index in [0.717, 1.165) is 23.7 Å². The molecule has 0 amide bonds. The van der Waals surface area contributed by atoms with Gasteiger partial charge in [0, 0.05) is 29.7 Å². The molecule has 4 nitrogen and oxygen atoms in total. The Morgan fingerprint density at radius 2 is 1.73 bits per heavy atom. The molecule has 1 N–H and O–H groups in total. The first-order valence-corrected chi connectivity index (χ1v) is 9.71. The normalized spacial score (nSPS) is 21.1. The molecule has 118 valence electrons. The molecule has 2 heterocycles. The molecule has 1 aliphatic carbocycles. The van der Waals surface area contributed by atoms with E-state index >= 15 is 0 Å². The predicted octanol–water partition coefficient (Wildman–Crippen LogP) is 3.61. The smallest absolute Gasteiger partial charge is 0.243 e. The van der Waals surface area contributed by atoms with Crippen LogP contribution in [0, 0.1) is 0 Å². The van der Waals surface area contributed by atoms with Gasteiger partial charge in [0.25, 0.3) is 0 Å². The molecule has 22 heavy (non-hydrogen) atoms. The van der Waals surface area contributed by atoms with E-state index in [1.165, 1.54) is 31.4 Å². The van der Waals surface area contributed by atoms with Crippen LogP contribution in [-0.4, -0.2) is 30.8 Å². The number of H-pyrrole nitrogens is 1. The van der Waals surface area contributed by atoms with Crippen molar-refractivity contribution in [2.75, 3.05) is 13.1 Å². The van der Waals surface area contributed by atoms with Gasteiger partial charge in [-0.25, -0.2) is 8.42 Å². The molecule has 5 heteroatoms. The van der Waals surface area contributed by atoms with Gasteiger partial charge in [0.15, 0.2) is 0 Å². The topological polar surface area (TPSA) is 53.2 Å². The maximum Gasteiger partial charge on any atom is 0.243 e. The fraction of sp³-hybridized carbons (Fsp3) is 0.529. The molecule has 1 saturated heterocycles. The number of aromatic amines is 1. The number of hydrogen-bond acceptors (Lipinski definition) is 2. The quantitative estimate of drug-likeness (QED) is 0.940. The van der Waals surface area contributed by atoms with Crippen LogP contribution in [0.3, 0.4) is 0 Å². The van der Waals surface area contributed by atoms with Gasteiger partial charge in [-0.3, -0.25) is 0 Å². The second-order valence-corrected chi connectivity index (χ2v) is 8.50. The molecule has 0 spiro atoms. The lowest BCUT2D eigenvalue weighted by molar-refractivity contribution is 0.477. The Balaban J connectivity index is 1.70. The number of aromatic nitrogens is 1. The zero-order valence-electron chi connectivity index (χ0n) is 12.7. The minimum atomic E-state index is -3.32. The van der Waals surface area contributed by atoms with Crippen LogP contribution < -0.4 is 0 Å². The Morgan fingerprint density at radius 3 is 2.45 bits per heavy atom. The minimum Gasteiger partial charge on any atom is -0.358 e. The van der Waals surface area contributed by atoms with E-state index < -0.39 is 10.0 Å². The Bertz CT molecular complexity index is 782. The van der Waals surface area contributed by atoms with Crippen LogP contribution in [0.1, 0.15) is 50.1 Å². The number of benzene rings is 1. The van der Waals surface area contributed by atoms with Crippen molar-refractivity contribution in [2.45, 2.75) is 49.3 Å². The van der Waals surface area contributed by atoms with Gasteiger partial charge in [0.05, 0.1) is 4.90 Å². The van der Waals surface area contributed by atoms with Crippen LogP contribution >= 0.6 is 0 Å². The molecule has 1 aromatic carbocycles. The molecule has 0 bridgehead atoms. The summed E-state index contributed by atoms with van der Waals surface area (Å²) in [4.78, 5) is 3.91. The average Bonchev–Trinajstić information content (AvgIpc) is 3.25. The maximum absolute atomic E-state index is 12.7. The van der Waals surface area contributed by atoms with E-state index in [4.69, 9.17) is 0 Å². The van der Waals surface area contributed by atoms with E-state index in [2.05, 4.69) is 11.1 Å². The molecule has 1 aromatic heterocycles. The fourth-order valence-electron chi connectivity index (χ4n) is 3.83. The molecule has 0 atom stereocenters. The lowest BCUT2D eigenvalue weighted by atomic mass is 10.0. The van der Waals surface area contributed by atoms with Gasteiger partial charge < -0.3 is 4.98 Å². The minimum absolute atomic E-state index is 0.430. The zero-order chi connectivity index (χ0) is 15.2. The summed E-state index contributed by atoms with van der Waals surface area (Å²) in [5, 5.41) is 1.02. The van der Waals surface area contributed by atoms with Crippen molar-refractivity contribution >= 4 is 20.9 Å². The summed E-state index contributed by atoms with van der Waals surface area (Å²) in [5.74, 6) is 0.617. The first-order chi connectivity index (χ1) is 10.6. The van der Waals surface area contributed by atoms with Crippen LogP contribution in [0.5, 0.6) is 0 Å². The lowest BCUT2D eigenvalue weighted by Crippen LogP contribution is -2.27. The highest BCUT2D eigenvalue weighted by atomic mass is 32.2. The monoisotopic (exact) mass is 318 g/mol. The molecule has 2 aliphatic rings. The number of rotatable bonds is 3. The largest absolute Gasteiger partial charge is 0.358 e. The first-order valence-electron chi connectivity index (χ1n) is 8.27. The van der Waals surface area contributed by atoms with E-state index in [1.54, 1.807) is 10.4 Å². The van der Waals surface area contributed by atoms with Gasteiger partial charge in [0.2, 0.25) is 10.0 Å². The molecule has 2 aromatic rings. The highest BCUT2D eigenvalue weighted by Gasteiger charge is 2.27. The van der Waals surface area contributed by atoms with Crippen molar-refractivity contribution in [1.82, 2.24) is 9.29 Å². The molecule has 0 radical (unpaired) electrons. The molecule has 1 aliphatic heterocycles. The van der Waals surface area contributed by atoms with Crippen molar-refractivity contribution < 1.29 is 8.42 Å². The Kier molecular flexibility index (Phi) is 3.50. The molecular weight excluding hydrogens is 296 g/mol. The Morgan fingerprint density at radius 1 is 1.00 bits per heavy atom. The summed E-state index contributed by atoms with van der Waals surface area (Å²) < 4.78 is 26.9. The van der Waals surface area contributed by atoms with Crippen molar-refractivity contribution in [3.05, 3.63) is 30.0 Å². The van der Waals surface area contributed by atoms with E-state index in [-0.39, 0.29) is 0 Å². The summed E-state index contributed by atoms with van der Waals surface area (Å²) in [6.07, 6.45) is 7.02. The standard InChI is InChI=1S/C17H22N2O2S/c20-22(21,19-9-3-4-10-19)15-7-8-16-14(11-15)12-17(18-16)13-5-1-2-6-13/h7-8,11-13,18H,1-6,9-10H2. The van der Waals surface area contributed by atoms with Crippen LogP contribution in [0.15, 0.2) is 29.2 Å². The number of nitrogens with one attached hydrogen (secondary N) is 1. The summed E-state index contributed by atoms with van der Waals surface area (Å²) >= 11 is 0. The second kappa shape index (κ2) is 5.39. The highest BCUT2D eigenvalue weighted by Crippen LogP contribution is 2.35. The molecular formula is C17H22N2O2S. The van der Waals surface area contributed by atoms with Gasteiger partial charge in [-0.1, -0.05) is 12.8 Å². The van der Waals surface area contributed by atoms with Crippen molar-refractivity contribution in [1.29, 1.82) is 0 Å². The van der Waals surface area contributed by atoms with Gasteiger partial charge in [0.1, 0.15) is 0 Å². The van der Waals surface area contributed by atoms with Gasteiger partial charge in [-0.05, 0) is 55.9 Å². The predicted molar refractivity (Wildman–Crippen MR) is 87.5 cm³/mol. The lowest BCUT2D eigenvalue weighted by Gasteiger charge is -2.15. The first kappa shape index (κ1) is 14.3. The maximum atomic E-state index is 12.7. The van der Waals surface area contributed by atoms with E-state index in [9.17, 15) is 8.42 Å². The second-order valence-electron chi connectivity index (χ2n) is 6.57. The Hall–Kier alpha value is -1.33. The van der Waals surface area contributed by atoms with Crippen LogP contribution in [0.25, 0.3) is 10.9 Å². The number of fused-ring (bicyclic) bond motifs is 1. The van der Waals surface area contributed by atoms with Gasteiger partial charge in [-0.2, -0.15) is 4.31 Å². The third kappa shape index (κ3) is 2.36. The number of sulfonamides is 1. The van der Waals surface area contributed by atoms with E-state index in [1.807, 2.05) is 12.1 Å². The highest BCUT2D eigenvalue weighted by molar-refractivity contribution is 7.89. The molecule has 1 saturated carbocycles. The van der Waals surface area contributed by atoms with Crippen molar-refractivity contribution in [3.63, 3.8) is 0 Å². The SMILES string of the molecule is O=S(=O)(c1ccc2[nH]c(C3CCCC3)cc2c1)N1CCCC1. The van der Waals surface area contributed by atoms with Crippen LogP contribution in [0.4, 0.5) is 0 Å². The number of nitrogens with zero attached hydrogens (tertiary/aromatic N) is 1. The van der Waals surface area contributed by atoms with Crippen molar-refractivity contribution in [3.8, 4) is 0 Å². The van der Waals surface area contributed by atoms with Gasteiger partial charge in [-0.15, -0.1) is 0 Å². The van der Waals surface area contributed by atoms with Crippen molar-refractivity contribution in [2.24, 2.45) is 0 Å². The summed E-state index contributed by atoms with van der Waals surface area (Å²) in [5.41, 5.74) is 2.31. The molecule has 4 rings (SSSR count). The van der Waals surface area contributed by atoms with Crippen LogP contribution in [0.2, 0.25) is 0 Å². The third-order valence-corrected chi connectivity index (χ3v) is 7.01. The summed E-state index contributed by atoms with van der Waals surface area (Å²) in [6, 6.07) is 7.63. The number of hydrogen-bond donors (Lipinski definition) is 1. The molecule has 0 unspecified atom stereocenters. The third-order valence-electron chi connectivity index (χ3n) is 5.11. The molecule has 2 fully saturated rings. The Labute approximate surface area is 131 Å². The average molecular weight is 318 g/mol. The fourth-order valence-corrected chi connectivity index (χ4v) is 5.38. The van der Waals surface area contributed by atoms with E-state index in [0.29, 0.717) is 23.9 Å².